The van der Waals surface area contributed by atoms with E-state index in [0.29, 0.717) is 5.56 Å². The molecule has 1 atom stereocenters. The largest absolute Gasteiger partial charge is 0.356 e. The molecule has 3 rings (SSSR count). The highest BCUT2D eigenvalue weighted by Gasteiger charge is 2.37. The summed E-state index contributed by atoms with van der Waals surface area (Å²) in [5, 5.41) is 26.5. The van der Waals surface area contributed by atoms with Gasteiger partial charge in [-0.05, 0) is 22.4 Å². The van der Waals surface area contributed by atoms with Gasteiger partial charge in [-0.15, -0.1) is 0 Å². The summed E-state index contributed by atoms with van der Waals surface area (Å²) in [6, 6.07) is 15.0. The molecule has 0 bridgehead atoms. The van der Waals surface area contributed by atoms with Crippen molar-refractivity contribution in [1.29, 1.82) is 0 Å². The second-order valence-corrected chi connectivity index (χ2v) is 8.97. The van der Waals surface area contributed by atoms with Crippen LogP contribution in [0.15, 0.2) is 60.7 Å². The van der Waals surface area contributed by atoms with Crippen molar-refractivity contribution in [2.24, 2.45) is 0 Å². The van der Waals surface area contributed by atoms with Gasteiger partial charge in [-0.25, -0.2) is 0 Å². The van der Waals surface area contributed by atoms with Crippen molar-refractivity contribution in [2.45, 2.75) is 5.78 Å². The van der Waals surface area contributed by atoms with Crippen LogP contribution < -0.4 is 5.32 Å². The summed E-state index contributed by atoms with van der Waals surface area (Å²) < 4.78 is 23.4. The molecule has 32 heavy (non-hydrogen) atoms. The second kappa shape index (κ2) is 9.23. The molecule has 0 spiro atoms. The highest BCUT2D eigenvalue weighted by molar-refractivity contribution is 7.54. The van der Waals surface area contributed by atoms with Crippen LogP contribution in [0.5, 0.6) is 0 Å². The van der Waals surface area contributed by atoms with Crippen molar-refractivity contribution in [2.75, 3.05) is 14.2 Å². The Bertz CT molecular complexity index is 1220. The Morgan fingerprint density at radius 2 is 1.47 bits per heavy atom. The molecule has 1 amide bonds. The molecule has 0 aliphatic rings. The zero-order chi connectivity index (χ0) is 23.5. The topological polar surface area (TPSA) is 151 Å². The molecule has 0 saturated heterocycles. The Kier molecular flexibility index (Phi) is 6.64. The molecule has 11 nitrogen and oxygen atoms in total. The molecule has 0 heterocycles. The molecular weight excluding hydrogens is 441 g/mol. The number of non-ortho nitro benzene ring substituents is 2. The van der Waals surface area contributed by atoms with Crippen molar-refractivity contribution < 1.29 is 28.3 Å². The number of carbonyl (C=O) groups is 1. The van der Waals surface area contributed by atoms with E-state index in [9.17, 15) is 29.6 Å². The first-order chi connectivity index (χ1) is 15.2. The molecule has 1 N–H and O–H groups in total. The van der Waals surface area contributed by atoms with Gasteiger partial charge in [-0.1, -0.05) is 36.4 Å². The summed E-state index contributed by atoms with van der Waals surface area (Å²) in [7, 11) is -1.62. The summed E-state index contributed by atoms with van der Waals surface area (Å²) in [6.07, 6.45) is 0. The Balaban J connectivity index is 2.07. The van der Waals surface area contributed by atoms with E-state index in [1.54, 1.807) is 18.2 Å². The lowest BCUT2D eigenvalue weighted by Gasteiger charge is -2.26. The molecule has 0 aliphatic carbocycles. The maximum Gasteiger partial charge on any atom is 0.356 e. The fourth-order valence-corrected chi connectivity index (χ4v) is 4.52. The van der Waals surface area contributed by atoms with Crippen LogP contribution >= 0.6 is 7.60 Å². The Hall–Kier alpha value is -3.66. The average Bonchev–Trinajstić information content (AvgIpc) is 2.81. The van der Waals surface area contributed by atoms with Gasteiger partial charge in [-0.3, -0.25) is 29.6 Å². The molecular formula is C20H18N3O8P. The van der Waals surface area contributed by atoms with Crippen LogP contribution in [0.3, 0.4) is 0 Å². The van der Waals surface area contributed by atoms with E-state index in [4.69, 9.17) is 9.05 Å². The van der Waals surface area contributed by atoms with Crippen LogP contribution in [0.2, 0.25) is 0 Å². The van der Waals surface area contributed by atoms with Gasteiger partial charge in [0.2, 0.25) is 0 Å². The molecule has 12 heteroatoms. The first-order valence-corrected chi connectivity index (χ1v) is 10.7. The standard InChI is InChI=1S/C20H18N3O8P/c1-30-32(29,31-2)20(15-8-7-13-5-3-4-6-14(13)9-15)21-19(24)16-10-17(22(25)26)12-18(11-16)23(27)28/h3-12,20H,1-2H3,(H,21,24)/t20-/m0/s1. The monoisotopic (exact) mass is 459 g/mol. The zero-order valence-electron chi connectivity index (χ0n) is 17.0. The SMILES string of the molecule is COP(=O)(OC)[C@H](NC(=O)c1cc([N+](=O)[O-])cc([N+](=O)[O-])c1)c1ccc2ccccc2c1. The summed E-state index contributed by atoms with van der Waals surface area (Å²) in [5.41, 5.74) is -1.22. The number of carbonyl (C=O) groups excluding carboxylic acids is 1. The third kappa shape index (κ3) is 4.65. The Morgan fingerprint density at radius 3 is 2.00 bits per heavy atom. The lowest BCUT2D eigenvalue weighted by atomic mass is 10.1. The number of rotatable bonds is 8. The average molecular weight is 459 g/mol. The molecule has 0 radical (unpaired) electrons. The third-order valence-electron chi connectivity index (χ3n) is 4.77. The fourth-order valence-electron chi connectivity index (χ4n) is 3.15. The highest BCUT2D eigenvalue weighted by Crippen LogP contribution is 2.58. The molecule has 0 unspecified atom stereocenters. The van der Waals surface area contributed by atoms with Crippen LogP contribution in [0, 0.1) is 20.2 Å². The zero-order valence-corrected chi connectivity index (χ0v) is 17.9. The normalized spacial score (nSPS) is 12.3. The van der Waals surface area contributed by atoms with Gasteiger partial charge in [0.05, 0.1) is 21.5 Å². The number of fused-ring (bicyclic) bond motifs is 1. The first-order valence-electron chi connectivity index (χ1n) is 9.13. The lowest BCUT2D eigenvalue weighted by molar-refractivity contribution is -0.394. The van der Waals surface area contributed by atoms with Crippen molar-refractivity contribution >= 4 is 35.7 Å². The molecule has 0 aromatic heterocycles. The van der Waals surface area contributed by atoms with E-state index in [0.717, 1.165) is 43.2 Å². The quantitative estimate of drug-likeness (QED) is 0.292. The number of hydrogen-bond donors (Lipinski definition) is 1. The van der Waals surface area contributed by atoms with E-state index in [1.807, 2.05) is 24.3 Å². The van der Waals surface area contributed by atoms with Crippen LogP contribution in [0.1, 0.15) is 21.7 Å². The van der Waals surface area contributed by atoms with Gasteiger partial charge in [-0.2, -0.15) is 0 Å². The minimum atomic E-state index is -3.93. The minimum absolute atomic E-state index is 0.351. The number of benzene rings is 3. The number of hydrogen-bond acceptors (Lipinski definition) is 8. The summed E-state index contributed by atoms with van der Waals surface area (Å²) in [6.45, 7) is 0. The number of nitrogens with zero attached hydrogens (tertiary/aromatic N) is 2. The predicted octanol–water partition coefficient (Wildman–Crippen LogP) is 4.57. The molecule has 166 valence electrons. The van der Waals surface area contributed by atoms with Crippen molar-refractivity contribution in [3.05, 3.63) is 92.0 Å². The van der Waals surface area contributed by atoms with Gasteiger partial charge in [0.25, 0.3) is 17.3 Å². The minimum Gasteiger partial charge on any atom is -0.334 e. The smallest absolute Gasteiger partial charge is 0.334 e. The highest BCUT2D eigenvalue weighted by atomic mass is 31.2. The summed E-state index contributed by atoms with van der Waals surface area (Å²) in [5.74, 6) is -2.21. The van der Waals surface area contributed by atoms with Gasteiger partial charge in [0, 0.05) is 26.4 Å². The Morgan fingerprint density at radius 1 is 0.906 bits per heavy atom. The van der Waals surface area contributed by atoms with Gasteiger partial charge >= 0.3 is 7.60 Å². The molecule has 3 aromatic carbocycles. The maximum atomic E-state index is 13.2. The van der Waals surface area contributed by atoms with Gasteiger partial charge in [0.15, 0.2) is 5.78 Å². The molecule has 0 fully saturated rings. The first kappa shape index (κ1) is 23.0. The maximum absolute atomic E-state index is 13.2. The summed E-state index contributed by atoms with van der Waals surface area (Å²) in [4.78, 5) is 33.5. The van der Waals surface area contributed by atoms with E-state index in [2.05, 4.69) is 5.32 Å². The third-order valence-corrected chi connectivity index (χ3v) is 6.85. The number of amides is 1. The summed E-state index contributed by atoms with van der Waals surface area (Å²) >= 11 is 0. The molecule has 0 saturated carbocycles. The Labute approximate surface area is 181 Å². The van der Waals surface area contributed by atoms with Crippen LogP contribution in [-0.2, 0) is 13.6 Å². The van der Waals surface area contributed by atoms with Crippen LogP contribution in [0.25, 0.3) is 10.8 Å². The number of nitro groups is 2. The van der Waals surface area contributed by atoms with E-state index in [-0.39, 0.29) is 5.56 Å². The van der Waals surface area contributed by atoms with E-state index in [1.165, 1.54) is 0 Å². The number of nitro benzene ring substituents is 2. The van der Waals surface area contributed by atoms with Crippen molar-refractivity contribution in [3.63, 3.8) is 0 Å². The molecule has 3 aromatic rings. The number of nitrogens with one attached hydrogen (secondary N) is 1. The van der Waals surface area contributed by atoms with Crippen LogP contribution in [0.4, 0.5) is 11.4 Å². The second-order valence-electron chi connectivity index (χ2n) is 6.64. The van der Waals surface area contributed by atoms with Gasteiger partial charge in [0.1, 0.15) is 0 Å². The van der Waals surface area contributed by atoms with Crippen LogP contribution in [-0.4, -0.2) is 30.0 Å². The fraction of sp³-hybridized carbons (Fsp3) is 0.150. The van der Waals surface area contributed by atoms with Crippen molar-refractivity contribution in [3.8, 4) is 0 Å². The van der Waals surface area contributed by atoms with Crippen molar-refractivity contribution in [1.82, 2.24) is 5.32 Å². The van der Waals surface area contributed by atoms with E-state index < -0.39 is 40.5 Å². The lowest BCUT2D eigenvalue weighted by Crippen LogP contribution is -2.29. The predicted molar refractivity (Wildman–Crippen MR) is 116 cm³/mol. The van der Waals surface area contributed by atoms with Gasteiger partial charge < -0.3 is 14.4 Å². The van der Waals surface area contributed by atoms with E-state index >= 15 is 0 Å². The molecule has 0 aliphatic heterocycles.